The monoisotopic (exact) mass is 124 g/mol. The number of allylic oxidation sites excluding steroid dienone is 1. The second kappa shape index (κ2) is 2.39. The van der Waals surface area contributed by atoms with Gasteiger partial charge in [-0.1, -0.05) is 6.08 Å². The molecule has 1 unspecified atom stereocenters. The van der Waals surface area contributed by atoms with Crippen LogP contribution in [0, 0.1) is 0 Å². The van der Waals surface area contributed by atoms with Gasteiger partial charge in [0.1, 0.15) is 0 Å². The summed E-state index contributed by atoms with van der Waals surface area (Å²) in [5.74, 6) is 0. The summed E-state index contributed by atoms with van der Waals surface area (Å²) in [5, 5.41) is 11.0. The average molecular weight is 124 g/mol. The zero-order chi connectivity index (χ0) is 6.69. The van der Waals surface area contributed by atoms with Gasteiger partial charge < -0.3 is 0 Å². The lowest BCUT2D eigenvalue weighted by molar-refractivity contribution is 0.493. The second-order valence-electron chi connectivity index (χ2n) is 1.73. The van der Waals surface area contributed by atoms with Crippen LogP contribution in [0.2, 0.25) is 0 Å². The van der Waals surface area contributed by atoms with Crippen molar-refractivity contribution in [3.8, 4) is 0 Å². The lowest BCUT2D eigenvalue weighted by Crippen LogP contribution is -2.05. The van der Waals surface area contributed by atoms with E-state index in [1.807, 2.05) is 6.92 Å². The molecular formula is C5H8N4. The molecule has 1 aromatic heterocycles. The molecule has 1 rings (SSSR count). The fourth-order valence-corrected chi connectivity index (χ4v) is 0.456. The van der Waals surface area contributed by atoms with Crippen LogP contribution < -0.4 is 0 Å². The molecule has 0 aliphatic rings. The first-order chi connectivity index (χ1) is 4.34. The molecule has 4 heteroatoms. The van der Waals surface area contributed by atoms with Gasteiger partial charge in [-0.15, -0.1) is 16.8 Å². The summed E-state index contributed by atoms with van der Waals surface area (Å²) in [6.07, 6.45) is 3.15. The van der Waals surface area contributed by atoms with Crippen molar-refractivity contribution in [2.75, 3.05) is 0 Å². The number of nitrogens with zero attached hydrogens (tertiary/aromatic N) is 4. The Labute approximate surface area is 53.2 Å². The third kappa shape index (κ3) is 1.13. The van der Waals surface area contributed by atoms with E-state index in [1.165, 1.54) is 11.1 Å². The summed E-state index contributed by atoms with van der Waals surface area (Å²) in [4.78, 5) is 1.49. The van der Waals surface area contributed by atoms with E-state index in [2.05, 4.69) is 22.0 Å². The maximum Gasteiger partial charge on any atom is 0.162 e. The van der Waals surface area contributed by atoms with Crippen LogP contribution in [-0.4, -0.2) is 20.2 Å². The molecule has 0 amide bonds. The third-order valence-corrected chi connectivity index (χ3v) is 1.07. The minimum absolute atomic E-state index is 0.132. The number of aromatic nitrogens is 4. The minimum atomic E-state index is 0.132. The van der Waals surface area contributed by atoms with Gasteiger partial charge in [0.25, 0.3) is 0 Å². The van der Waals surface area contributed by atoms with Crippen LogP contribution in [0.15, 0.2) is 19.0 Å². The summed E-state index contributed by atoms with van der Waals surface area (Å²) >= 11 is 0. The van der Waals surface area contributed by atoms with E-state index >= 15 is 0 Å². The van der Waals surface area contributed by atoms with Crippen molar-refractivity contribution in [1.82, 2.24) is 20.2 Å². The summed E-state index contributed by atoms with van der Waals surface area (Å²) in [6.45, 7) is 5.53. The first-order valence-electron chi connectivity index (χ1n) is 2.69. The van der Waals surface area contributed by atoms with Crippen LogP contribution in [0.3, 0.4) is 0 Å². The van der Waals surface area contributed by atoms with Crippen molar-refractivity contribution in [3.63, 3.8) is 0 Å². The van der Waals surface area contributed by atoms with Crippen molar-refractivity contribution >= 4 is 0 Å². The van der Waals surface area contributed by atoms with Crippen molar-refractivity contribution in [2.24, 2.45) is 0 Å². The highest BCUT2D eigenvalue weighted by Crippen LogP contribution is 1.97. The molecule has 0 aromatic carbocycles. The lowest BCUT2D eigenvalue weighted by Gasteiger charge is -1.99. The quantitative estimate of drug-likeness (QED) is 0.536. The molecule has 0 saturated heterocycles. The largest absolute Gasteiger partial charge is 0.162 e. The maximum absolute atomic E-state index is 3.81. The highest BCUT2D eigenvalue weighted by Gasteiger charge is 1.97. The average Bonchev–Trinajstić information content (AvgIpc) is 2.37. The fraction of sp³-hybridized carbons (Fsp3) is 0.400. The van der Waals surface area contributed by atoms with E-state index in [-0.39, 0.29) is 6.04 Å². The highest BCUT2D eigenvalue weighted by molar-refractivity contribution is 4.76. The topological polar surface area (TPSA) is 43.6 Å². The van der Waals surface area contributed by atoms with Crippen molar-refractivity contribution < 1.29 is 0 Å². The van der Waals surface area contributed by atoms with Gasteiger partial charge >= 0.3 is 0 Å². The molecular weight excluding hydrogens is 116 g/mol. The number of tetrazole rings is 1. The molecule has 1 atom stereocenters. The molecule has 9 heavy (non-hydrogen) atoms. The Morgan fingerprint density at radius 2 is 2.56 bits per heavy atom. The third-order valence-electron chi connectivity index (χ3n) is 1.07. The SMILES string of the molecule is C=CC(C)n1ncnn1. The lowest BCUT2D eigenvalue weighted by atomic mass is 10.4. The van der Waals surface area contributed by atoms with Gasteiger partial charge in [0, 0.05) is 0 Å². The summed E-state index contributed by atoms with van der Waals surface area (Å²) in [7, 11) is 0. The summed E-state index contributed by atoms with van der Waals surface area (Å²) < 4.78 is 0. The molecule has 4 nitrogen and oxygen atoms in total. The van der Waals surface area contributed by atoms with Gasteiger partial charge in [-0.25, -0.2) is 0 Å². The van der Waals surface area contributed by atoms with Gasteiger partial charge in [-0.3, -0.25) is 0 Å². The van der Waals surface area contributed by atoms with Crippen molar-refractivity contribution in [3.05, 3.63) is 19.0 Å². The Bertz CT molecular complexity index is 179. The van der Waals surface area contributed by atoms with Crippen LogP contribution in [0.25, 0.3) is 0 Å². The molecule has 0 spiro atoms. The standard InChI is InChI=1S/C5H8N4/c1-3-5(2)9-7-4-6-8-9/h3-5H,1H2,2H3. The predicted molar refractivity (Wildman–Crippen MR) is 32.7 cm³/mol. The Balaban J connectivity index is 2.76. The molecule has 0 radical (unpaired) electrons. The van der Waals surface area contributed by atoms with Gasteiger partial charge in [0.2, 0.25) is 0 Å². The van der Waals surface area contributed by atoms with E-state index in [1.54, 1.807) is 6.08 Å². The van der Waals surface area contributed by atoms with E-state index in [9.17, 15) is 0 Å². The van der Waals surface area contributed by atoms with E-state index < -0.39 is 0 Å². The molecule has 1 heterocycles. The number of hydrogen-bond donors (Lipinski definition) is 0. The van der Waals surface area contributed by atoms with Crippen molar-refractivity contribution in [1.29, 1.82) is 0 Å². The fourth-order valence-electron chi connectivity index (χ4n) is 0.456. The number of rotatable bonds is 2. The van der Waals surface area contributed by atoms with Crippen molar-refractivity contribution in [2.45, 2.75) is 13.0 Å². The van der Waals surface area contributed by atoms with Crippen LogP contribution in [0.1, 0.15) is 13.0 Å². The maximum atomic E-state index is 3.81. The van der Waals surface area contributed by atoms with Crippen LogP contribution >= 0.6 is 0 Å². The molecule has 0 aliphatic heterocycles. The van der Waals surface area contributed by atoms with Gasteiger partial charge in [-0.05, 0) is 12.1 Å². The molecule has 48 valence electrons. The van der Waals surface area contributed by atoms with Gasteiger partial charge in [-0.2, -0.15) is 4.80 Å². The summed E-state index contributed by atoms with van der Waals surface area (Å²) in [6, 6.07) is 0.132. The molecule has 0 aliphatic carbocycles. The Morgan fingerprint density at radius 3 is 3.00 bits per heavy atom. The second-order valence-corrected chi connectivity index (χ2v) is 1.73. The number of hydrogen-bond acceptors (Lipinski definition) is 3. The smallest absolute Gasteiger partial charge is 0.158 e. The summed E-state index contributed by atoms with van der Waals surface area (Å²) in [5.41, 5.74) is 0. The minimum Gasteiger partial charge on any atom is -0.158 e. The zero-order valence-corrected chi connectivity index (χ0v) is 5.23. The van der Waals surface area contributed by atoms with E-state index in [0.29, 0.717) is 0 Å². The van der Waals surface area contributed by atoms with E-state index in [4.69, 9.17) is 0 Å². The van der Waals surface area contributed by atoms with Gasteiger partial charge in [0.15, 0.2) is 6.33 Å². The molecule has 0 fully saturated rings. The molecule has 0 bridgehead atoms. The van der Waals surface area contributed by atoms with Crippen LogP contribution in [0.5, 0.6) is 0 Å². The van der Waals surface area contributed by atoms with E-state index in [0.717, 1.165) is 0 Å². The predicted octanol–water partition coefficient (Wildman–Crippen LogP) is 0.420. The molecule has 0 saturated carbocycles. The molecule has 1 aromatic rings. The van der Waals surface area contributed by atoms with Crippen LogP contribution in [0.4, 0.5) is 0 Å². The van der Waals surface area contributed by atoms with Gasteiger partial charge in [0.05, 0.1) is 6.04 Å². The first-order valence-corrected chi connectivity index (χ1v) is 2.69. The highest BCUT2D eigenvalue weighted by atomic mass is 15.6. The zero-order valence-electron chi connectivity index (χ0n) is 5.23. The molecule has 0 N–H and O–H groups in total. The Morgan fingerprint density at radius 1 is 1.78 bits per heavy atom. The Hall–Kier alpha value is -1.19. The van der Waals surface area contributed by atoms with Crippen LogP contribution in [-0.2, 0) is 0 Å². The normalized spacial score (nSPS) is 13.0. The first kappa shape index (κ1) is 5.94. The Kier molecular flexibility index (Phi) is 1.58.